The Hall–Kier alpha value is -3.58. The molecule has 3 nitrogen and oxygen atoms in total. The smallest absolute Gasteiger partial charge is 0.416 e. The summed E-state index contributed by atoms with van der Waals surface area (Å²) < 4.78 is 105. The third kappa shape index (κ3) is 5.14. The van der Waals surface area contributed by atoms with Crippen LogP contribution in [0.5, 0.6) is 5.75 Å². The van der Waals surface area contributed by atoms with E-state index in [4.69, 9.17) is 4.74 Å². The van der Waals surface area contributed by atoms with Crippen LogP contribution < -0.4 is 4.74 Å². The van der Waals surface area contributed by atoms with Gasteiger partial charge in [-0.25, -0.2) is 17.6 Å². The van der Waals surface area contributed by atoms with Crippen LogP contribution in [0.1, 0.15) is 28.7 Å². The number of likely N-dealkylation sites (tertiary alicyclic amines) is 1. The zero-order valence-electron chi connectivity index (χ0n) is 19.5. The van der Waals surface area contributed by atoms with E-state index in [2.05, 4.69) is 0 Å². The minimum atomic E-state index is -4.95. The van der Waals surface area contributed by atoms with Crippen molar-refractivity contribution in [2.75, 3.05) is 13.7 Å². The topological polar surface area (TPSA) is 36.3 Å². The fourth-order valence-corrected chi connectivity index (χ4v) is 4.94. The summed E-state index contributed by atoms with van der Waals surface area (Å²) in [5.74, 6) is -5.68. The molecule has 4 rings (SSSR count). The molecule has 194 valence electrons. The summed E-state index contributed by atoms with van der Waals surface area (Å²) in [5.41, 5.74) is -2.99. The highest BCUT2D eigenvalue weighted by molar-refractivity contribution is 5.47. The number of alkyl halides is 5. The van der Waals surface area contributed by atoms with Crippen molar-refractivity contribution < 1.29 is 35.5 Å². The van der Waals surface area contributed by atoms with Crippen molar-refractivity contribution in [3.63, 3.8) is 0 Å². The summed E-state index contributed by atoms with van der Waals surface area (Å²) in [4.78, 5) is 1.08. The Labute approximate surface area is 208 Å². The Balaban J connectivity index is 2.11. The lowest BCUT2D eigenvalue weighted by molar-refractivity contribution is -0.137. The van der Waals surface area contributed by atoms with Crippen LogP contribution >= 0.6 is 0 Å². The number of halogens is 7. The maximum absolute atomic E-state index is 14.8. The molecule has 1 fully saturated rings. The van der Waals surface area contributed by atoms with Gasteiger partial charge in [-0.05, 0) is 53.4 Å². The zero-order valence-corrected chi connectivity index (χ0v) is 19.5. The van der Waals surface area contributed by atoms with Crippen molar-refractivity contribution in [3.8, 4) is 11.8 Å². The molecule has 2 atom stereocenters. The van der Waals surface area contributed by atoms with E-state index in [9.17, 15) is 36.0 Å². The predicted octanol–water partition coefficient (Wildman–Crippen LogP) is 6.71. The van der Waals surface area contributed by atoms with Crippen molar-refractivity contribution in [3.05, 3.63) is 101 Å². The lowest BCUT2D eigenvalue weighted by Gasteiger charge is -2.45. The second-order valence-electron chi connectivity index (χ2n) is 8.93. The average Bonchev–Trinajstić information content (AvgIpc) is 3.17. The Morgan fingerprint density at radius 2 is 1.65 bits per heavy atom. The monoisotopic (exact) mass is 522 g/mol. The fraction of sp³-hybridized carbons (Fsp3) is 0.296. The summed E-state index contributed by atoms with van der Waals surface area (Å²) >= 11 is 0. The molecule has 0 radical (unpaired) electrons. The Morgan fingerprint density at radius 3 is 2.27 bits per heavy atom. The van der Waals surface area contributed by atoms with Gasteiger partial charge in [-0.1, -0.05) is 36.4 Å². The Morgan fingerprint density at radius 1 is 0.973 bits per heavy atom. The van der Waals surface area contributed by atoms with Crippen LogP contribution in [0.3, 0.4) is 0 Å². The molecule has 3 aromatic rings. The lowest BCUT2D eigenvalue weighted by Crippen LogP contribution is -2.51. The molecule has 3 aromatic carbocycles. The van der Waals surface area contributed by atoms with Gasteiger partial charge in [0.15, 0.2) is 11.6 Å². The second-order valence-corrected chi connectivity index (χ2v) is 8.93. The molecule has 1 unspecified atom stereocenters. The normalized spacial score (nSPS) is 19.3. The van der Waals surface area contributed by atoms with E-state index in [1.54, 1.807) is 30.3 Å². The van der Waals surface area contributed by atoms with Gasteiger partial charge in [-0.3, -0.25) is 4.90 Å². The van der Waals surface area contributed by atoms with E-state index < -0.39 is 53.8 Å². The highest BCUT2D eigenvalue weighted by atomic mass is 19.4. The fourth-order valence-electron chi connectivity index (χ4n) is 4.94. The standard InChI is InChI=1S/C27H21F7N2O/c1-37-24-12-18(7-8-23(24)29)26(13-17-5-3-2-4-6-17,36-16-25(30,31)14-22(36)15-35)19-9-20(27(32,33)34)11-21(28)10-19/h2-12,22H,13-14,16H2,1H3/t22?,26-/m1/s1. The second kappa shape index (κ2) is 9.71. The van der Waals surface area contributed by atoms with E-state index in [1.807, 2.05) is 6.07 Å². The average molecular weight is 522 g/mol. The molecule has 1 aliphatic heterocycles. The number of nitrogens with zero attached hydrogens (tertiary/aromatic N) is 2. The predicted molar refractivity (Wildman–Crippen MR) is 121 cm³/mol. The first-order chi connectivity index (χ1) is 17.4. The van der Waals surface area contributed by atoms with E-state index >= 15 is 0 Å². The summed E-state index contributed by atoms with van der Waals surface area (Å²) in [5, 5.41) is 9.81. The first kappa shape index (κ1) is 26.5. The Kier molecular flexibility index (Phi) is 6.95. The molecule has 0 aliphatic carbocycles. The van der Waals surface area contributed by atoms with Gasteiger partial charge < -0.3 is 4.74 Å². The van der Waals surface area contributed by atoms with Crippen LogP contribution in [-0.4, -0.2) is 30.5 Å². The molecule has 0 spiro atoms. The lowest BCUT2D eigenvalue weighted by atomic mass is 9.75. The molecule has 1 saturated heterocycles. The first-order valence-electron chi connectivity index (χ1n) is 11.2. The van der Waals surface area contributed by atoms with Gasteiger partial charge in [0, 0.05) is 6.42 Å². The molecule has 0 saturated carbocycles. The number of nitriles is 1. The van der Waals surface area contributed by atoms with Gasteiger partial charge >= 0.3 is 6.18 Å². The molecule has 10 heteroatoms. The quantitative estimate of drug-likeness (QED) is 0.338. The van der Waals surface area contributed by atoms with Crippen LogP contribution in [0.2, 0.25) is 0 Å². The number of hydrogen-bond donors (Lipinski definition) is 0. The molecule has 1 aliphatic rings. The van der Waals surface area contributed by atoms with Gasteiger partial charge in [0.05, 0.1) is 30.8 Å². The number of hydrogen-bond acceptors (Lipinski definition) is 3. The van der Waals surface area contributed by atoms with Crippen LogP contribution in [0.15, 0.2) is 66.7 Å². The van der Waals surface area contributed by atoms with Gasteiger partial charge in [-0.15, -0.1) is 0 Å². The molecular formula is C27H21F7N2O. The summed E-state index contributed by atoms with van der Waals surface area (Å²) in [6.07, 6.45) is -6.04. The van der Waals surface area contributed by atoms with Crippen molar-refractivity contribution >= 4 is 0 Å². The highest BCUT2D eigenvalue weighted by Crippen LogP contribution is 2.48. The van der Waals surface area contributed by atoms with Gasteiger partial charge in [0.2, 0.25) is 0 Å². The largest absolute Gasteiger partial charge is 0.494 e. The van der Waals surface area contributed by atoms with Crippen molar-refractivity contribution in [1.82, 2.24) is 4.90 Å². The van der Waals surface area contributed by atoms with E-state index in [1.165, 1.54) is 19.2 Å². The van der Waals surface area contributed by atoms with Gasteiger partial charge in [0.25, 0.3) is 5.92 Å². The van der Waals surface area contributed by atoms with Gasteiger partial charge in [-0.2, -0.15) is 18.4 Å². The SMILES string of the molecule is COc1cc([C@](Cc2ccccc2)(c2cc(F)cc(C(F)(F)F)c2)N2CC(F)(F)CC2C#N)ccc1F. The van der Waals surface area contributed by atoms with Crippen molar-refractivity contribution in [2.24, 2.45) is 0 Å². The van der Waals surface area contributed by atoms with E-state index in [0.29, 0.717) is 17.7 Å². The summed E-state index contributed by atoms with van der Waals surface area (Å²) in [7, 11) is 1.17. The Bertz CT molecular complexity index is 1320. The molecule has 0 aromatic heterocycles. The van der Waals surface area contributed by atoms with Crippen LogP contribution in [0.4, 0.5) is 30.7 Å². The summed E-state index contributed by atoms with van der Waals surface area (Å²) in [6, 6.07) is 13.9. The molecule has 0 amide bonds. The third-order valence-electron chi connectivity index (χ3n) is 6.54. The maximum atomic E-state index is 14.8. The van der Waals surface area contributed by atoms with Crippen molar-refractivity contribution in [2.45, 2.75) is 36.5 Å². The zero-order chi connectivity index (χ0) is 27.0. The molecule has 1 heterocycles. The number of rotatable bonds is 6. The molecule has 0 N–H and O–H groups in total. The molecule has 0 bridgehead atoms. The van der Waals surface area contributed by atoms with Crippen LogP contribution in [0, 0.1) is 23.0 Å². The first-order valence-corrected chi connectivity index (χ1v) is 11.2. The summed E-state index contributed by atoms with van der Waals surface area (Å²) in [6.45, 7) is -0.990. The maximum Gasteiger partial charge on any atom is 0.416 e. The van der Waals surface area contributed by atoms with E-state index in [0.717, 1.165) is 17.0 Å². The van der Waals surface area contributed by atoms with Crippen LogP contribution in [0.25, 0.3) is 0 Å². The van der Waals surface area contributed by atoms with Crippen LogP contribution in [-0.2, 0) is 18.1 Å². The number of methoxy groups -OCH3 is 1. The third-order valence-corrected chi connectivity index (χ3v) is 6.54. The van der Waals surface area contributed by atoms with E-state index in [-0.39, 0.29) is 23.3 Å². The molecular weight excluding hydrogens is 501 g/mol. The van der Waals surface area contributed by atoms with Crippen molar-refractivity contribution in [1.29, 1.82) is 5.26 Å². The minimum absolute atomic E-state index is 0.0614. The highest BCUT2D eigenvalue weighted by Gasteiger charge is 2.55. The van der Waals surface area contributed by atoms with Gasteiger partial charge in [0.1, 0.15) is 11.9 Å². The minimum Gasteiger partial charge on any atom is -0.494 e. The number of benzene rings is 3. The molecule has 37 heavy (non-hydrogen) atoms. The number of ether oxygens (including phenoxy) is 1.